The highest BCUT2D eigenvalue weighted by molar-refractivity contribution is 6.00. The summed E-state index contributed by atoms with van der Waals surface area (Å²) in [5.74, 6) is -0.381. The van der Waals surface area contributed by atoms with Crippen molar-refractivity contribution in [2.45, 2.75) is 25.4 Å². The van der Waals surface area contributed by atoms with E-state index in [9.17, 15) is 14.0 Å². The van der Waals surface area contributed by atoms with Gasteiger partial charge in [-0.05, 0) is 12.5 Å². The lowest BCUT2D eigenvalue weighted by molar-refractivity contribution is -0.148. The average Bonchev–Trinajstić information content (AvgIpc) is 2.45. The highest BCUT2D eigenvalue weighted by Gasteiger charge is 2.31. The summed E-state index contributed by atoms with van der Waals surface area (Å²) in [6.07, 6.45) is 0.769. The summed E-state index contributed by atoms with van der Waals surface area (Å²) in [4.78, 5) is 24.3. The van der Waals surface area contributed by atoms with Gasteiger partial charge in [-0.15, -0.1) is 0 Å². The van der Waals surface area contributed by atoms with E-state index in [-0.39, 0.29) is 24.2 Å². The molecular formula is C14H17FN2O3. The predicted octanol–water partition coefficient (Wildman–Crippen LogP) is 1.07. The van der Waals surface area contributed by atoms with Gasteiger partial charge < -0.3 is 10.1 Å². The van der Waals surface area contributed by atoms with E-state index in [1.54, 1.807) is 12.1 Å². The number of halogens is 1. The van der Waals surface area contributed by atoms with Crippen molar-refractivity contribution in [3.05, 3.63) is 29.6 Å². The number of amides is 2. The summed E-state index contributed by atoms with van der Waals surface area (Å²) in [6.45, 7) is 0.230. The van der Waals surface area contributed by atoms with Crippen molar-refractivity contribution in [1.82, 2.24) is 10.2 Å². The van der Waals surface area contributed by atoms with Gasteiger partial charge in [0.15, 0.2) is 0 Å². The van der Waals surface area contributed by atoms with Crippen LogP contribution in [0, 0.1) is 5.82 Å². The maximum absolute atomic E-state index is 13.8. The van der Waals surface area contributed by atoms with Crippen LogP contribution in [0.5, 0.6) is 5.75 Å². The first kappa shape index (κ1) is 14.5. The minimum atomic E-state index is -0.445. The maximum atomic E-state index is 13.8. The zero-order valence-corrected chi connectivity index (χ0v) is 11.5. The number of nitrogens with zero attached hydrogens (tertiary/aromatic N) is 1. The lowest BCUT2D eigenvalue weighted by atomic mass is 10.0. The van der Waals surface area contributed by atoms with Crippen molar-refractivity contribution in [1.29, 1.82) is 0 Å². The first-order valence-electron chi connectivity index (χ1n) is 6.39. The fourth-order valence-corrected chi connectivity index (χ4v) is 2.14. The monoisotopic (exact) mass is 280 g/mol. The van der Waals surface area contributed by atoms with Crippen LogP contribution in [0.3, 0.4) is 0 Å². The predicted molar refractivity (Wildman–Crippen MR) is 70.6 cm³/mol. The Balaban J connectivity index is 1.98. The molecule has 0 saturated carbocycles. The molecule has 0 aliphatic carbocycles. The molecule has 1 aliphatic heterocycles. The summed E-state index contributed by atoms with van der Waals surface area (Å²) >= 11 is 0. The molecule has 0 radical (unpaired) electrons. The number of carbonyl (C=O) groups is 2. The Kier molecular flexibility index (Phi) is 4.34. The highest BCUT2D eigenvalue weighted by atomic mass is 19.1. The van der Waals surface area contributed by atoms with E-state index in [0.717, 1.165) is 4.90 Å². The van der Waals surface area contributed by atoms with Gasteiger partial charge in [-0.3, -0.25) is 14.5 Å². The van der Waals surface area contributed by atoms with Crippen molar-refractivity contribution in [2.24, 2.45) is 0 Å². The molecule has 1 aromatic rings. The van der Waals surface area contributed by atoms with E-state index < -0.39 is 6.04 Å². The average molecular weight is 280 g/mol. The molecule has 1 aliphatic rings. The molecule has 0 aromatic heterocycles. The molecule has 5 nitrogen and oxygen atoms in total. The van der Waals surface area contributed by atoms with Crippen LogP contribution >= 0.6 is 0 Å². The molecule has 1 fully saturated rings. The molecule has 2 rings (SSSR count). The molecule has 2 amide bonds. The number of hydrogen-bond acceptors (Lipinski definition) is 4. The fourth-order valence-electron chi connectivity index (χ4n) is 2.14. The molecule has 1 atom stereocenters. The third-order valence-corrected chi connectivity index (χ3v) is 3.45. The fraction of sp³-hybridized carbons (Fsp3) is 0.429. The second kappa shape index (κ2) is 6.00. The second-order valence-electron chi connectivity index (χ2n) is 4.72. The van der Waals surface area contributed by atoms with Crippen LogP contribution < -0.4 is 10.1 Å². The van der Waals surface area contributed by atoms with Crippen molar-refractivity contribution in [3.63, 3.8) is 0 Å². The molecule has 0 spiro atoms. The number of hydrogen-bond donors (Lipinski definition) is 1. The number of methoxy groups -OCH3 is 1. The SMILES string of the molecule is COc1ccc(CNC2CCC(=O)N(C)C2=O)c(F)c1. The van der Waals surface area contributed by atoms with Crippen molar-refractivity contribution >= 4 is 11.8 Å². The summed E-state index contributed by atoms with van der Waals surface area (Å²) < 4.78 is 18.7. The topological polar surface area (TPSA) is 58.6 Å². The molecule has 1 N–H and O–H groups in total. The molecule has 6 heteroatoms. The Morgan fingerprint density at radius 1 is 1.45 bits per heavy atom. The number of likely N-dealkylation sites (N-methyl/N-ethyl adjacent to an activating group) is 1. The van der Waals surface area contributed by atoms with Crippen molar-refractivity contribution < 1.29 is 18.7 Å². The Labute approximate surface area is 116 Å². The molecule has 1 saturated heterocycles. The van der Waals surface area contributed by atoms with Gasteiger partial charge in [0.25, 0.3) is 0 Å². The van der Waals surface area contributed by atoms with Gasteiger partial charge in [0.1, 0.15) is 11.6 Å². The summed E-state index contributed by atoms with van der Waals surface area (Å²) in [5, 5.41) is 2.99. The van der Waals surface area contributed by atoms with Gasteiger partial charge in [0.2, 0.25) is 11.8 Å². The van der Waals surface area contributed by atoms with E-state index in [4.69, 9.17) is 4.74 Å². The minimum absolute atomic E-state index is 0.177. The minimum Gasteiger partial charge on any atom is -0.497 e. The molecule has 1 heterocycles. The number of benzene rings is 1. The Morgan fingerprint density at radius 2 is 2.20 bits per heavy atom. The molecular weight excluding hydrogens is 263 g/mol. The zero-order chi connectivity index (χ0) is 14.7. The van der Waals surface area contributed by atoms with Gasteiger partial charge >= 0.3 is 0 Å². The van der Waals surface area contributed by atoms with E-state index in [2.05, 4.69) is 5.32 Å². The van der Waals surface area contributed by atoms with Gasteiger partial charge in [-0.2, -0.15) is 0 Å². The van der Waals surface area contributed by atoms with Crippen LogP contribution in [0.4, 0.5) is 4.39 Å². The van der Waals surface area contributed by atoms with E-state index in [1.807, 2.05) is 0 Å². The molecule has 20 heavy (non-hydrogen) atoms. The molecule has 108 valence electrons. The Morgan fingerprint density at radius 3 is 2.85 bits per heavy atom. The third kappa shape index (κ3) is 2.96. The van der Waals surface area contributed by atoms with Crippen molar-refractivity contribution in [3.8, 4) is 5.75 Å². The normalized spacial score (nSPS) is 19.4. The number of ether oxygens (including phenoxy) is 1. The highest BCUT2D eigenvalue weighted by Crippen LogP contribution is 2.17. The number of likely N-dealkylation sites (tertiary alicyclic amines) is 1. The van der Waals surface area contributed by atoms with Crippen molar-refractivity contribution in [2.75, 3.05) is 14.2 Å². The van der Waals surface area contributed by atoms with Gasteiger partial charge in [-0.1, -0.05) is 6.07 Å². The quantitative estimate of drug-likeness (QED) is 0.838. The van der Waals surface area contributed by atoms with Gasteiger partial charge in [-0.25, -0.2) is 4.39 Å². The molecule has 1 aromatic carbocycles. The number of rotatable bonds is 4. The molecule has 0 bridgehead atoms. The van der Waals surface area contributed by atoms with Crippen LogP contribution in [-0.4, -0.2) is 36.9 Å². The number of imide groups is 1. The lowest BCUT2D eigenvalue weighted by Gasteiger charge is -2.28. The van der Waals surface area contributed by atoms with Crippen LogP contribution in [0.1, 0.15) is 18.4 Å². The van der Waals surface area contributed by atoms with E-state index in [0.29, 0.717) is 24.2 Å². The lowest BCUT2D eigenvalue weighted by Crippen LogP contribution is -2.51. The smallest absolute Gasteiger partial charge is 0.246 e. The van der Waals surface area contributed by atoms with Gasteiger partial charge in [0, 0.05) is 31.6 Å². The standard InChI is InChI=1S/C14H17FN2O3/c1-17-13(18)6-5-12(14(17)19)16-8-9-3-4-10(20-2)7-11(9)15/h3-4,7,12,16H,5-6,8H2,1-2H3. The van der Waals surface area contributed by atoms with Crippen LogP contribution in [0.2, 0.25) is 0 Å². The number of piperidine rings is 1. The van der Waals surface area contributed by atoms with Crippen LogP contribution in [-0.2, 0) is 16.1 Å². The maximum Gasteiger partial charge on any atom is 0.246 e. The van der Waals surface area contributed by atoms with Crippen LogP contribution in [0.15, 0.2) is 18.2 Å². The Bertz CT molecular complexity index is 533. The second-order valence-corrected chi connectivity index (χ2v) is 4.72. The molecule has 1 unspecified atom stereocenters. The van der Waals surface area contributed by atoms with E-state index in [1.165, 1.54) is 20.2 Å². The summed E-state index contributed by atoms with van der Waals surface area (Å²) in [7, 11) is 2.94. The zero-order valence-electron chi connectivity index (χ0n) is 11.5. The first-order valence-corrected chi connectivity index (χ1v) is 6.39. The summed E-state index contributed by atoms with van der Waals surface area (Å²) in [6, 6.07) is 4.14. The summed E-state index contributed by atoms with van der Waals surface area (Å²) in [5.41, 5.74) is 0.457. The van der Waals surface area contributed by atoms with E-state index >= 15 is 0 Å². The largest absolute Gasteiger partial charge is 0.497 e. The first-order chi connectivity index (χ1) is 9.52. The Hall–Kier alpha value is -1.95. The third-order valence-electron chi connectivity index (χ3n) is 3.45. The van der Waals surface area contributed by atoms with Gasteiger partial charge in [0.05, 0.1) is 13.2 Å². The number of carbonyl (C=O) groups excluding carboxylic acids is 2. The van der Waals surface area contributed by atoms with Crippen LogP contribution in [0.25, 0.3) is 0 Å². The number of nitrogens with one attached hydrogen (secondary N) is 1.